The first kappa shape index (κ1) is 16.9. The van der Waals surface area contributed by atoms with Crippen LogP contribution in [0.4, 0.5) is 0 Å². The normalized spacial score (nSPS) is 9.96. The van der Waals surface area contributed by atoms with Crippen LogP contribution in [0.2, 0.25) is 5.02 Å². The number of nitrogens with zero attached hydrogens (tertiary/aromatic N) is 1. The number of nitrogens with one attached hydrogen (secondary N) is 1. The summed E-state index contributed by atoms with van der Waals surface area (Å²) in [5.41, 5.74) is 2.05. The van der Waals surface area contributed by atoms with E-state index in [1.807, 2.05) is 55.5 Å². The zero-order valence-electron chi connectivity index (χ0n) is 12.8. The van der Waals surface area contributed by atoms with Gasteiger partial charge in [-0.05, 0) is 54.8 Å². The van der Waals surface area contributed by atoms with E-state index < -0.39 is 0 Å². The van der Waals surface area contributed by atoms with Crippen molar-refractivity contribution in [1.82, 2.24) is 5.32 Å². The molecule has 0 atom stereocenters. The molecule has 0 saturated carbocycles. The zero-order valence-corrected chi connectivity index (χ0v) is 13.6. The first-order chi connectivity index (χ1) is 11.1. The van der Waals surface area contributed by atoms with Crippen LogP contribution in [0.3, 0.4) is 0 Å². The van der Waals surface area contributed by atoms with E-state index in [4.69, 9.17) is 21.6 Å². The minimum absolute atomic E-state index is 0.104. The minimum Gasteiger partial charge on any atom is -0.457 e. The van der Waals surface area contributed by atoms with Crippen LogP contribution < -0.4 is 10.1 Å². The van der Waals surface area contributed by atoms with Crippen LogP contribution in [0.25, 0.3) is 0 Å². The Bertz CT molecular complexity index is 721. The number of nitriles is 1. The molecule has 5 heteroatoms. The summed E-state index contributed by atoms with van der Waals surface area (Å²) in [7, 11) is 0. The van der Waals surface area contributed by atoms with Crippen molar-refractivity contribution >= 4 is 17.5 Å². The second kappa shape index (κ2) is 8.21. The van der Waals surface area contributed by atoms with Crippen LogP contribution in [0.1, 0.15) is 17.5 Å². The Kier molecular flexibility index (Phi) is 6.02. The number of aryl methyl sites for hydroxylation is 1. The van der Waals surface area contributed by atoms with E-state index in [0.717, 1.165) is 22.6 Å². The maximum Gasteiger partial charge on any atom is 0.234 e. The monoisotopic (exact) mass is 328 g/mol. The molecule has 0 fully saturated rings. The highest BCUT2D eigenvalue weighted by molar-refractivity contribution is 6.31. The first-order valence-corrected chi connectivity index (χ1v) is 7.63. The van der Waals surface area contributed by atoms with Gasteiger partial charge in [0.15, 0.2) is 0 Å². The van der Waals surface area contributed by atoms with Crippen LogP contribution in [0, 0.1) is 18.3 Å². The smallest absolute Gasteiger partial charge is 0.234 e. The second-order valence-corrected chi connectivity index (χ2v) is 5.50. The molecule has 0 aliphatic heterocycles. The van der Waals surface area contributed by atoms with Gasteiger partial charge in [-0.25, -0.2) is 0 Å². The number of benzene rings is 2. The Balaban J connectivity index is 1.88. The summed E-state index contributed by atoms with van der Waals surface area (Å²) in [6.07, 6.45) is 0.602. The van der Waals surface area contributed by atoms with Crippen LogP contribution in [-0.4, -0.2) is 12.5 Å². The molecule has 118 valence electrons. The molecule has 0 heterocycles. The number of hydrogen-bond acceptors (Lipinski definition) is 3. The highest BCUT2D eigenvalue weighted by Crippen LogP contribution is 2.26. The van der Waals surface area contributed by atoms with Gasteiger partial charge in [0, 0.05) is 11.6 Å². The predicted octanol–water partition coefficient (Wildman–Crippen LogP) is 4.01. The van der Waals surface area contributed by atoms with Crippen LogP contribution in [0.5, 0.6) is 11.5 Å². The maximum absolute atomic E-state index is 11.2. The second-order valence-electron chi connectivity index (χ2n) is 5.09. The minimum atomic E-state index is -0.245. The first-order valence-electron chi connectivity index (χ1n) is 7.25. The van der Waals surface area contributed by atoms with Crippen LogP contribution in [-0.2, 0) is 11.2 Å². The molecule has 1 amide bonds. The molecule has 0 radical (unpaired) electrons. The number of ether oxygens (including phenoxy) is 1. The molecule has 1 N–H and O–H groups in total. The molecule has 0 unspecified atom stereocenters. The molecule has 0 saturated heterocycles. The number of halogens is 1. The standard InChI is InChI=1S/C18H17ClN2O2/c1-13-12-16(6-7-17(13)19)23-15-4-2-14(3-5-15)9-11-21-18(22)8-10-20/h2-7,12H,8-9,11H2,1H3,(H,21,22). The number of carbonyl (C=O) groups is 1. The molecule has 0 aliphatic rings. The van der Waals surface area contributed by atoms with Gasteiger partial charge in [0.25, 0.3) is 0 Å². The van der Waals surface area contributed by atoms with E-state index in [0.29, 0.717) is 18.0 Å². The Morgan fingerprint density at radius 3 is 2.57 bits per heavy atom. The molecule has 23 heavy (non-hydrogen) atoms. The summed E-state index contributed by atoms with van der Waals surface area (Å²) in [4.78, 5) is 11.2. The topological polar surface area (TPSA) is 62.1 Å². The molecule has 0 bridgehead atoms. The third kappa shape index (κ3) is 5.32. The summed E-state index contributed by atoms with van der Waals surface area (Å²) in [5, 5.41) is 11.8. The van der Waals surface area contributed by atoms with E-state index in [9.17, 15) is 4.79 Å². The van der Waals surface area contributed by atoms with Crippen LogP contribution in [0.15, 0.2) is 42.5 Å². The van der Waals surface area contributed by atoms with E-state index >= 15 is 0 Å². The molecule has 0 aromatic heterocycles. The number of rotatable bonds is 6. The summed E-state index contributed by atoms with van der Waals surface area (Å²) in [5.74, 6) is 1.23. The van der Waals surface area contributed by atoms with Crippen molar-refractivity contribution in [2.45, 2.75) is 19.8 Å². The Hall–Kier alpha value is -2.51. The molecule has 2 aromatic carbocycles. The van der Waals surface area contributed by atoms with E-state index in [-0.39, 0.29) is 12.3 Å². The molecule has 4 nitrogen and oxygen atoms in total. The molecule has 0 aliphatic carbocycles. The molecule has 0 spiro atoms. The van der Waals surface area contributed by atoms with Gasteiger partial charge in [-0.1, -0.05) is 23.7 Å². The van der Waals surface area contributed by atoms with Gasteiger partial charge in [-0.3, -0.25) is 4.79 Å². The Morgan fingerprint density at radius 2 is 1.91 bits per heavy atom. The van der Waals surface area contributed by atoms with Crippen molar-refractivity contribution in [3.05, 3.63) is 58.6 Å². The lowest BCUT2D eigenvalue weighted by Gasteiger charge is -2.08. The highest BCUT2D eigenvalue weighted by atomic mass is 35.5. The maximum atomic E-state index is 11.2. The van der Waals surface area contributed by atoms with Gasteiger partial charge < -0.3 is 10.1 Å². The van der Waals surface area contributed by atoms with E-state index in [1.165, 1.54) is 0 Å². The largest absolute Gasteiger partial charge is 0.457 e. The summed E-state index contributed by atoms with van der Waals surface area (Å²) in [6.45, 7) is 2.44. The number of carbonyl (C=O) groups excluding carboxylic acids is 1. The summed E-state index contributed by atoms with van der Waals surface area (Å²) < 4.78 is 5.78. The SMILES string of the molecule is Cc1cc(Oc2ccc(CCNC(=O)CC#N)cc2)ccc1Cl. The quantitative estimate of drug-likeness (QED) is 0.871. The lowest BCUT2D eigenvalue weighted by atomic mass is 10.1. The van der Waals surface area contributed by atoms with Crippen molar-refractivity contribution < 1.29 is 9.53 Å². The van der Waals surface area contributed by atoms with Crippen LogP contribution >= 0.6 is 11.6 Å². The number of amides is 1. The predicted molar refractivity (Wildman–Crippen MR) is 89.6 cm³/mol. The van der Waals surface area contributed by atoms with E-state index in [2.05, 4.69) is 5.32 Å². The average molecular weight is 329 g/mol. The van der Waals surface area contributed by atoms with Gasteiger partial charge in [-0.15, -0.1) is 0 Å². The molecular formula is C18H17ClN2O2. The van der Waals surface area contributed by atoms with Gasteiger partial charge in [-0.2, -0.15) is 5.26 Å². The summed E-state index contributed by atoms with van der Waals surface area (Å²) >= 11 is 5.99. The van der Waals surface area contributed by atoms with E-state index in [1.54, 1.807) is 0 Å². The van der Waals surface area contributed by atoms with Gasteiger partial charge in [0.05, 0.1) is 6.07 Å². The fraction of sp³-hybridized carbons (Fsp3) is 0.222. The van der Waals surface area contributed by atoms with Crippen molar-refractivity contribution in [2.75, 3.05) is 6.54 Å². The Labute approximate surface area is 140 Å². The third-order valence-corrected chi connectivity index (χ3v) is 3.69. The molecule has 2 aromatic rings. The van der Waals surface area contributed by atoms with Gasteiger partial charge in [0.1, 0.15) is 17.9 Å². The fourth-order valence-corrected chi connectivity index (χ4v) is 2.14. The van der Waals surface area contributed by atoms with Crippen molar-refractivity contribution in [3.63, 3.8) is 0 Å². The third-order valence-electron chi connectivity index (χ3n) is 3.26. The van der Waals surface area contributed by atoms with Crippen molar-refractivity contribution in [1.29, 1.82) is 5.26 Å². The van der Waals surface area contributed by atoms with Gasteiger partial charge >= 0.3 is 0 Å². The Morgan fingerprint density at radius 1 is 1.22 bits per heavy atom. The number of hydrogen-bond donors (Lipinski definition) is 1. The molecular weight excluding hydrogens is 312 g/mol. The zero-order chi connectivity index (χ0) is 16.7. The average Bonchev–Trinajstić information content (AvgIpc) is 2.53. The lowest BCUT2D eigenvalue weighted by molar-refractivity contribution is -0.120. The summed E-state index contributed by atoms with van der Waals surface area (Å²) in [6, 6.07) is 15.0. The van der Waals surface area contributed by atoms with Crippen molar-refractivity contribution in [3.8, 4) is 17.6 Å². The molecule has 2 rings (SSSR count). The highest BCUT2D eigenvalue weighted by Gasteiger charge is 2.02. The lowest BCUT2D eigenvalue weighted by Crippen LogP contribution is -2.24. The van der Waals surface area contributed by atoms with Gasteiger partial charge in [0.2, 0.25) is 5.91 Å². The van der Waals surface area contributed by atoms with Crippen molar-refractivity contribution in [2.24, 2.45) is 0 Å². The fourth-order valence-electron chi connectivity index (χ4n) is 2.02.